The van der Waals surface area contributed by atoms with Gasteiger partial charge in [0.15, 0.2) is 0 Å². The average Bonchev–Trinajstić information content (AvgIpc) is 2.20. The summed E-state index contributed by atoms with van der Waals surface area (Å²) >= 11 is 0. The van der Waals surface area contributed by atoms with Crippen molar-refractivity contribution < 1.29 is 4.39 Å². The van der Waals surface area contributed by atoms with Crippen molar-refractivity contribution in [2.45, 2.75) is 39.5 Å². The highest BCUT2D eigenvalue weighted by Crippen LogP contribution is 2.28. The van der Waals surface area contributed by atoms with Crippen LogP contribution in [0.1, 0.15) is 42.4 Å². The van der Waals surface area contributed by atoms with Crippen LogP contribution in [0.2, 0.25) is 0 Å². The fourth-order valence-electron chi connectivity index (χ4n) is 1.83. The number of benzene rings is 1. The summed E-state index contributed by atoms with van der Waals surface area (Å²) in [4.78, 5) is 0. The van der Waals surface area contributed by atoms with Gasteiger partial charge >= 0.3 is 0 Å². The van der Waals surface area contributed by atoms with Gasteiger partial charge in [-0.15, -0.1) is 6.58 Å². The van der Waals surface area contributed by atoms with Crippen LogP contribution in [0.3, 0.4) is 0 Å². The van der Waals surface area contributed by atoms with Gasteiger partial charge in [-0.05, 0) is 55.4 Å². The number of hydrogen-bond donors (Lipinski definition) is 0. The van der Waals surface area contributed by atoms with Gasteiger partial charge in [0.25, 0.3) is 0 Å². The van der Waals surface area contributed by atoms with Gasteiger partial charge in [0.1, 0.15) is 5.82 Å². The van der Waals surface area contributed by atoms with E-state index in [2.05, 4.69) is 13.5 Å². The predicted octanol–water partition coefficient (Wildman–Crippen LogP) is 4.51. The first kappa shape index (κ1) is 12.0. The number of aryl methyl sites for hydroxylation is 2. The van der Waals surface area contributed by atoms with Crippen LogP contribution >= 0.6 is 0 Å². The summed E-state index contributed by atoms with van der Waals surface area (Å²) in [5, 5.41) is 0. The molecule has 0 nitrogen and oxygen atoms in total. The lowest BCUT2D eigenvalue weighted by atomic mass is 9.90. The Kier molecular flexibility index (Phi) is 4.07. The highest BCUT2D eigenvalue weighted by Gasteiger charge is 2.13. The molecular weight excluding hydrogens is 187 g/mol. The van der Waals surface area contributed by atoms with E-state index < -0.39 is 0 Å². The zero-order valence-corrected chi connectivity index (χ0v) is 9.81. The van der Waals surface area contributed by atoms with E-state index in [0.717, 1.165) is 29.5 Å². The van der Waals surface area contributed by atoms with Crippen molar-refractivity contribution in [2.75, 3.05) is 0 Å². The van der Waals surface area contributed by atoms with Crippen LogP contribution < -0.4 is 0 Å². The van der Waals surface area contributed by atoms with E-state index in [1.807, 2.05) is 26.0 Å². The zero-order valence-electron chi connectivity index (χ0n) is 9.81. The molecule has 0 aliphatic rings. The van der Waals surface area contributed by atoms with E-state index >= 15 is 0 Å². The molecule has 82 valence electrons. The Morgan fingerprint density at radius 2 is 1.93 bits per heavy atom. The van der Waals surface area contributed by atoms with Gasteiger partial charge in [0.05, 0.1) is 0 Å². The first-order valence-electron chi connectivity index (χ1n) is 5.47. The minimum Gasteiger partial charge on any atom is -0.207 e. The largest absolute Gasteiger partial charge is 0.207 e. The molecule has 0 N–H and O–H groups in total. The lowest BCUT2D eigenvalue weighted by Gasteiger charge is -2.15. The van der Waals surface area contributed by atoms with Crippen LogP contribution in [0.4, 0.5) is 4.39 Å². The number of hydrogen-bond acceptors (Lipinski definition) is 0. The Labute approximate surface area is 91.8 Å². The molecule has 1 rings (SSSR count). The quantitative estimate of drug-likeness (QED) is 0.636. The van der Waals surface area contributed by atoms with E-state index in [0.29, 0.717) is 0 Å². The third kappa shape index (κ3) is 2.68. The summed E-state index contributed by atoms with van der Waals surface area (Å²) in [7, 11) is 0. The Hall–Kier alpha value is -1.11. The number of halogens is 1. The maximum atomic E-state index is 13.8. The Balaban J connectivity index is 3.11. The standard InChI is InChI=1S/C14H19F/c1-5-7-12(6-2)13-8-10(3)11(4)9-14(13)15/h5,8-9,12H,1,6-7H2,2-4H3. The average molecular weight is 206 g/mol. The van der Waals surface area contributed by atoms with Gasteiger partial charge in [0, 0.05) is 0 Å². The highest BCUT2D eigenvalue weighted by molar-refractivity contribution is 5.33. The molecule has 0 aliphatic heterocycles. The summed E-state index contributed by atoms with van der Waals surface area (Å²) in [6.07, 6.45) is 3.66. The second-order valence-electron chi connectivity index (χ2n) is 4.09. The van der Waals surface area contributed by atoms with Crippen molar-refractivity contribution in [3.05, 3.63) is 47.3 Å². The van der Waals surface area contributed by atoms with E-state index in [-0.39, 0.29) is 11.7 Å². The molecule has 0 aliphatic carbocycles. The van der Waals surface area contributed by atoms with Crippen LogP contribution in [0.25, 0.3) is 0 Å². The van der Waals surface area contributed by atoms with Gasteiger partial charge in [-0.25, -0.2) is 4.39 Å². The van der Waals surface area contributed by atoms with Crippen molar-refractivity contribution in [1.29, 1.82) is 0 Å². The molecule has 0 bridgehead atoms. The van der Waals surface area contributed by atoms with Crippen molar-refractivity contribution in [3.63, 3.8) is 0 Å². The Morgan fingerprint density at radius 1 is 1.33 bits per heavy atom. The molecule has 0 saturated carbocycles. The highest BCUT2D eigenvalue weighted by atomic mass is 19.1. The molecule has 1 atom stereocenters. The van der Waals surface area contributed by atoms with Gasteiger partial charge in [-0.1, -0.05) is 19.1 Å². The molecule has 0 aromatic heterocycles. The summed E-state index contributed by atoms with van der Waals surface area (Å²) < 4.78 is 13.8. The molecule has 1 unspecified atom stereocenters. The maximum absolute atomic E-state index is 13.8. The lowest BCUT2D eigenvalue weighted by molar-refractivity contribution is 0.567. The van der Waals surface area contributed by atoms with Crippen LogP contribution in [-0.4, -0.2) is 0 Å². The molecule has 1 heteroatoms. The predicted molar refractivity (Wildman–Crippen MR) is 63.7 cm³/mol. The van der Waals surface area contributed by atoms with E-state index in [9.17, 15) is 4.39 Å². The molecule has 1 aromatic rings. The van der Waals surface area contributed by atoms with E-state index in [1.54, 1.807) is 6.07 Å². The third-order valence-corrected chi connectivity index (χ3v) is 3.00. The van der Waals surface area contributed by atoms with Gasteiger partial charge in [0.2, 0.25) is 0 Å². The van der Waals surface area contributed by atoms with Crippen LogP contribution in [-0.2, 0) is 0 Å². The van der Waals surface area contributed by atoms with Gasteiger partial charge in [-0.2, -0.15) is 0 Å². The van der Waals surface area contributed by atoms with Gasteiger partial charge in [-0.3, -0.25) is 0 Å². The normalized spacial score (nSPS) is 12.5. The summed E-state index contributed by atoms with van der Waals surface area (Å²) in [6.45, 7) is 9.78. The summed E-state index contributed by atoms with van der Waals surface area (Å²) in [5.74, 6) is 0.189. The molecule has 0 fully saturated rings. The molecule has 15 heavy (non-hydrogen) atoms. The van der Waals surface area contributed by atoms with Crippen LogP contribution in [0.5, 0.6) is 0 Å². The van der Waals surface area contributed by atoms with Crippen LogP contribution in [0, 0.1) is 19.7 Å². The molecule has 0 spiro atoms. The Morgan fingerprint density at radius 3 is 2.47 bits per heavy atom. The fourth-order valence-corrected chi connectivity index (χ4v) is 1.83. The van der Waals surface area contributed by atoms with E-state index in [1.165, 1.54) is 0 Å². The minimum atomic E-state index is -0.0770. The Bertz CT molecular complexity index is 353. The lowest BCUT2D eigenvalue weighted by Crippen LogP contribution is -2.01. The molecule has 0 radical (unpaired) electrons. The SMILES string of the molecule is C=CCC(CC)c1cc(C)c(C)cc1F. The topological polar surface area (TPSA) is 0 Å². The van der Waals surface area contributed by atoms with E-state index in [4.69, 9.17) is 0 Å². The summed E-state index contributed by atoms with van der Waals surface area (Å²) in [5.41, 5.74) is 3.01. The van der Waals surface area contributed by atoms with Crippen molar-refractivity contribution in [1.82, 2.24) is 0 Å². The minimum absolute atomic E-state index is 0.0770. The third-order valence-electron chi connectivity index (χ3n) is 3.00. The molecule has 0 heterocycles. The van der Waals surface area contributed by atoms with Crippen LogP contribution in [0.15, 0.2) is 24.8 Å². The first-order chi connectivity index (χ1) is 7.10. The molecular formula is C14H19F. The molecule has 1 aromatic carbocycles. The van der Waals surface area contributed by atoms with Crippen molar-refractivity contribution in [2.24, 2.45) is 0 Å². The second-order valence-corrected chi connectivity index (χ2v) is 4.09. The molecule has 0 saturated heterocycles. The van der Waals surface area contributed by atoms with Crippen molar-refractivity contribution >= 4 is 0 Å². The second kappa shape index (κ2) is 5.11. The van der Waals surface area contributed by atoms with Gasteiger partial charge < -0.3 is 0 Å². The first-order valence-corrected chi connectivity index (χ1v) is 5.47. The van der Waals surface area contributed by atoms with Crippen molar-refractivity contribution in [3.8, 4) is 0 Å². The molecule has 0 amide bonds. The zero-order chi connectivity index (χ0) is 11.4. The number of allylic oxidation sites excluding steroid dienone is 1. The summed E-state index contributed by atoms with van der Waals surface area (Å²) in [6, 6.07) is 3.61. The number of rotatable bonds is 4. The smallest absolute Gasteiger partial charge is 0.126 e. The fraction of sp³-hybridized carbons (Fsp3) is 0.429. The maximum Gasteiger partial charge on any atom is 0.126 e. The monoisotopic (exact) mass is 206 g/mol.